The Kier molecular flexibility index (Phi) is 6.11. The van der Waals surface area contributed by atoms with Crippen LogP contribution in [0.15, 0.2) is 59.8 Å². The Bertz CT molecular complexity index is 944. The minimum Gasteiger partial charge on any atom is -0.487 e. The lowest BCUT2D eigenvalue weighted by Crippen LogP contribution is -2.48. The van der Waals surface area contributed by atoms with Crippen LogP contribution in [0.25, 0.3) is 0 Å². The summed E-state index contributed by atoms with van der Waals surface area (Å²) in [5.41, 5.74) is 0.433. The van der Waals surface area contributed by atoms with Crippen LogP contribution < -0.4 is 10.1 Å². The van der Waals surface area contributed by atoms with Crippen LogP contribution in [0.3, 0.4) is 0 Å². The molecule has 0 aromatic heterocycles. The van der Waals surface area contributed by atoms with E-state index in [1.807, 2.05) is 0 Å². The summed E-state index contributed by atoms with van der Waals surface area (Å²) in [7, 11) is 1.47. The van der Waals surface area contributed by atoms with Gasteiger partial charge in [-0.1, -0.05) is 18.2 Å². The Hall–Kier alpha value is -3.42. The smallest absolute Gasteiger partial charge is 0.338 e. The van der Waals surface area contributed by atoms with Crippen LogP contribution >= 0.6 is 0 Å². The third-order valence-corrected chi connectivity index (χ3v) is 4.48. The zero-order valence-electron chi connectivity index (χ0n) is 15.9. The van der Waals surface area contributed by atoms with E-state index >= 15 is 0 Å². The molecule has 1 heterocycles. The van der Waals surface area contributed by atoms with E-state index in [-0.39, 0.29) is 30.0 Å². The van der Waals surface area contributed by atoms with Crippen LogP contribution in [0, 0.1) is 11.6 Å². The lowest BCUT2D eigenvalue weighted by molar-refractivity contribution is -0.139. The van der Waals surface area contributed by atoms with Crippen molar-refractivity contribution in [3.63, 3.8) is 0 Å². The molecule has 1 atom stereocenters. The van der Waals surface area contributed by atoms with Gasteiger partial charge >= 0.3 is 12.0 Å². The number of hydrogen-bond donors (Lipinski definition) is 1. The molecule has 3 rings (SSSR count). The highest BCUT2D eigenvalue weighted by molar-refractivity contribution is 5.95. The number of benzene rings is 2. The summed E-state index contributed by atoms with van der Waals surface area (Å²) in [5, 5.41) is 2.63. The Morgan fingerprint density at radius 1 is 1.14 bits per heavy atom. The van der Waals surface area contributed by atoms with Gasteiger partial charge in [-0.05, 0) is 37.3 Å². The van der Waals surface area contributed by atoms with Crippen molar-refractivity contribution in [1.29, 1.82) is 0 Å². The van der Waals surface area contributed by atoms with Crippen molar-refractivity contribution in [2.75, 3.05) is 20.3 Å². The second-order valence-corrected chi connectivity index (χ2v) is 6.29. The van der Waals surface area contributed by atoms with Gasteiger partial charge in [0.2, 0.25) is 0 Å². The monoisotopic (exact) mass is 402 g/mol. The normalized spacial score (nSPS) is 16.5. The van der Waals surface area contributed by atoms with E-state index in [9.17, 15) is 18.4 Å². The Morgan fingerprint density at radius 3 is 2.48 bits per heavy atom. The number of rotatable bonds is 6. The first-order valence-electron chi connectivity index (χ1n) is 8.99. The minimum absolute atomic E-state index is 0.0705. The van der Waals surface area contributed by atoms with Crippen molar-refractivity contribution in [3.8, 4) is 5.75 Å². The van der Waals surface area contributed by atoms with Crippen molar-refractivity contribution < 1.29 is 27.8 Å². The second-order valence-electron chi connectivity index (χ2n) is 6.29. The SMILES string of the molecule is CCOC(=O)C1=C(COc2ccc(F)cc2)N(C)C(=O)NC1c1ccccc1F. The molecule has 1 aliphatic rings. The molecule has 152 valence electrons. The molecule has 0 saturated carbocycles. The van der Waals surface area contributed by atoms with Crippen LogP contribution in [0.2, 0.25) is 0 Å². The maximum atomic E-state index is 14.4. The summed E-state index contributed by atoms with van der Waals surface area (Å²) in [6, 6.07) is 9.62. The van der Waals surface area contributed by atoms with E-state index in [1.54, 1.807) is 13.0 Å². The van der Waals surface area contributed by atoms with Crippen LogP contribution in [-0.2, 0) is 9.53 Å². The average molecular weight is 402 g/mol. The van der Waals surface area contributed by atoms with Gasteiger partial charge in [0.25, 0.3) is 0 Å². The van der Waals surface area contributed by atoms with Crippen LogP contribution in [0.5, 0.6) is 5.75 Å². The lowest BCUT2D eigenvalue weighted by atomic mass is 9.94. The molecular weight excluding hydrogens is 382 g/mol. The fourth-order valence-electron chi connectivity index (χ4n) is 3.01. The Labute approximate surface area is 166 Å². The fraction of sp³-hybridized carbons (Fsp3) is 0.238. The maximum Gasteiger partial charge on any atom is 0.338 e. The molecular formula is C21H20F2N2O4. The first-order chi connectivity index (χ1) is 13.9. The highest BCUT2D eigenvalue weighted by Crippen LogP contribution is 2.32. The van der Waals surface area contributed by atoms with E-state index in [0.29, 0.717) is 5.75 Å². The predicted octanol–water partition coefficient (Wildman–Crippen LogP) is 3.56. The highest BCUT2D eigenvalue weighted by atomic mass is 19.1. The third-order valence-electron chi connectivity index (χ3n) is 4.48. The Balaban J connectivity index is 2.04. The van der Waals surface area contributed by atoms with Crippen molar-refractivity contribution in [2.24, 2.45) is 0 Å². The van der Waals surface area contributed by atoms with Gasteiger partial charge in [0.1, 0.15) is 24.0 Å². The molecule has 1 N–H and O–H groups in total. The largest absolute Gasteiger partial charge is 0.487 e. The predicted molar refractivity (Wildman–Crippen MR) is 101 cm³/mol. The molecule has 29 heavy (non-hydrogen) atoms. The number of nitrogens with one attached hydrogen (secondary N) is 1. The van der Waals surface area contributed by atoms with E-state index in [0.717, 1.165) is 0 Å². The molecule has 0 spiro atoms. The summed E-state index contributed by atoms with van der Waals surface area (Å²) >= 11 is 0. The average Bonchev–Trinajstić information content (AvgIpc) is 2.70. The molecule has 1 aliphatic heterocycles. The number of hydrogen-bond acceptors (Lipinski definition) is 4. The van der Waals surface area contributed by atoms with Gasteiger partial charge in [0.05, 0.1) is 23.9 Å². The second kappa shape index (κ2) is 8.72. The third kappa shape index (κ3) is 4.37. The summed E-state index contributed by atoms with van der Waals surface area (Å²) in [6.45, 7) is 1.58. The summed E-state index contributed by atoms with van der Waals surface area (Å²) in [5.74, 6) is -1.32. The van der Waals surface area contributed by atoms with Crippen molar-refractivity contribution in [3.05, 3.63) is 77.0 Å². The molecule has 0 bridgehead atoms. The van der Waals surface area contributed by atoms with Gasteiger partial charge in [-0.2, -0.15) is 0 Å². The Morgan fingerprint density at radius 2 is 1.83 bits per heavy atom. The quantitative estimate of drug-likeness (QED) is 0.751. The molecule has 2 aromatic carbocycles. The fourth-order valence-corrected chi connectivity index (χ4v) is 3.01. The summed E-state index contributed by atoms with van der Waals surface area (Å²) in [4.78, 5) is 26.4. The number of likely N-dealkylation sites (N-methyl/N-ethyl adjacent to an activating group) is 1. The van der Waals surface area contributed by atoms with Crippen molar-refractivity contribution >= 4 is 12.0 Å². The highest BCUT2D eigenvalue weighted by Gasteiger charge is 2.38. The number of esters is 1. The number of nitrogens with zero attached hydrogens (tertiary/aromatic N) is 1. The number of ether oxygens (including phenoxy) is 2. The van der Waals surface area contributed by atoms with Gasteiger partial charge < -0.3 is 14.8 Å². The first-order valence-corrected chi connectivity index (χ1v) is 8.99. The zero-order valence-corrected chi connectivity index (χ0v) is 15.9. The van der Waals surface area contributed by atoms with E-state index in [2.05, 4.69) is 5.32 Å². The summed E-state index contributed by atoms with van der Waals surface area (Å²) < 4.78 is 38.3. The number of urea groups is 1. The number of carbonyl (C=O) groups is 2. The van der Waals surface area contributed by atoms with Crippen LogP contribution in [0.1, 0.15) is 18.5 Å². The van der Waals surface area contributed by atoms with E-state index in [1.165, 1.54) is 54.4 Å². The first kappa shape index (κ1) is 20.3. The summed E-state index contributed by atoms with van der Waals surface area (Å²) in [6.07, 6.45) is 0. The van der Waals surface area contributed by atoms with Crippen LogP contribution in [0.4, 0.5) is 13.6 Å². The molecule has 2 aromatic rings. The molecule has 0 fully saturated rings. The number of carbonyl (C=O) groups excluding carboxylic acids is 2. The number of halogens is 2. The lowest BCUT2D eigenvalue weighted by Gasteiger charge is -2.34. The molecule has 0 aliphatic carbocycles. The minimum atomic E-state index is -1.04. The van der Waals surface area contributed by atoms with Gasteiger partial charge in [-0.3, -0.25) is 4.90 Å². The number of amides is 2. The van der Waals surface area contributed by atoms with Crippen molar-refractivity contribution in [1.82, 2.24) is 10.2 Å². The molecule has 0 radical (unpaired) electrons. The molecule has 2 amide bonds. The van der Waals surface area contributed by atoms with Gasteiger partial charge in [0.15, 0.2) is 0 Å². The molecule has 8 heteroatoms. The maximum absolute atomic E-state index is 14.4. The molecule has 6 nitrogen and oxygen atoms in total. The van der Waals surface area contributed by atoms with Gasteiger partial charge in [-0.25, -0.2) is 18.4 Å². The zero-order chi connectivity index (χ0) is 21.0. The standard InChI is InChI=1S/C21H20F2N2O4/c1-3-28-20(26)18-17(12-29-14-10-8-13(22)9-11-14)25(2)21(27)24-19(18)15-6-4-5-7-16(15)23/h4-11,19H,3,12H2,1-2H3,(H,24,27). The van der Waals surface area contributed by atoms with E-state index < -0.39 is 29.7 Å². The topological polar surface area (TPSA) is 67.9 Å². The van der Waals surface area contributed by atoms with Crippen molar-refractivity contribution in [2.45, 2.75) is 13.0 Å². The molecule has 0 saturated heterocycles. The van der Waals surface area contributed by atoms with Gasteiger partial charge in [0, 0.05) is 12.6 Å². The van der Waals surface area contributed by atoms with Gasteiger partial charge in [-0.15, -0.1) is 0 Å². The van der Waals surface area contributed by atoms with Crippen LogP contribution in [-0.4, -0.2) is 37.2 Å². The van der Waals surface area contributed by atoms with E-state index in [4.69, 9.17) is 9.47 Å². The molecule has 1 unspecified atom stereocenters.